The minimum atomic E-state index is -2.55. The summed E-state index contributed by atoms with van der Waals surface area (Å²) >= 11 is 0. The van der Waals surface area contributed by atoms with Gasteiger partial charge in [0.15, 0.2) is 0 Å². The fraction of sp³-hybridized carbons (Fsp3) is 0.500. The fourth-order valence-electron chi connectivity index (χ4n) is 2.36. The Labute approximate surface area is 116 Å². The molecule has 0 saturated carbocycles. The van der Waals surface area contributed by atoms with Gasteiger partial charge in [0.25, 0.3) is 6.43 Å². The van der Waals surface area contributed by atoms with Crippen molar-refractivity contribution in [3.8, 4) is 5.75 Å². The van der Waals surface area contributed by atoms with Crippen molar-refractivity contribution in [1.82, 2.24) is 4.90 Å². The SMILES string of the molecule is NCCN(CC(F)F)C(=O)C1COc2ccccc2C1. The van der Waals surface area contributed by atoms with Crippen LogP contribution in [0.25, 0.3) is 0 Å². The highest BCUT2D eigenvalue weighted by Gasteiger charge is 2.30. The van der Waals surface area contributed by atoms with E-state index in [0.29, 0.717) is 6.42 Å². The van der Waals surface area contributed by atoms with Crippen molar-refractivity contribution in [2.45, 2.75) is 12.8 Å². The van der Waals surface area contributed by atoms with Crippen LogP contribution in [0.2, 0.25) is 0 Å². The maximum absolute atomic E-state index is 12.5. The van der Waals surface area contributed by atoms with E-state index in [9.17, 15) is 13.6 Å². The molecule has 1 aromatic carbocycles. The molecule has 0 bridgehead atoms. The summed E-state index contributed by atoms with van der Waals surface area (Å²) in [5.41, 5.74) is 6.31. The first-order valence-electron chi connectivity index (χ1n) is 6.59. The first-order valence-corrected chi connectivity index (χ1v) is 6.59. The highest BCUT2D eigenvalue weighted by atomic mass is 19.3. The second-order valence-corrected chi connectivity index (χ2v) is 4.78. The fourth-order valence-corrected chi connectivity index (χ4v) is 2.36. The number of ether oxygens (including phenoxy) is 1. The Morgan fingerprint density at radius 1 is 1.45 bits per heavy atom. The minimum Gasteiger partial charge on any atom is -0.492 e. The number of para-hydroxylation sites is 1. The molecule has 1 atom stereocenters. The smallest absolute Gasteiger partial charge is 0.255 e. The van der Waals surface area contributed by atoms with Gasteiger partial charge in [-0.3, -0.25) is 4.79 Å². The third-order valence-electron chi connectivity index (χ3n) is 3.30. The summed E-state index contributed by atoms with van der Waals surface area (Å²) in [5, 5.41) is 0. The normalized spacial score (nSPS) is 17.5. The standard InChI is InChI=1S/C14H18F2N2O2/c15-13(16)8-18(6-5-17)14(19)11-7-10-3-1-2-4-12(10)20-9-11/h1-4,11,13H,5-9,17H2. The molecular weight excluding hydrogens is 266 g/mol. The molecule has 1 aromatic rings. The van der Waals surface area contributed by atoms with Crippen LogP contribution in [-0.2, 0) is 11.2 Å². The molecule has 0 aromatic heterocycles. The summed E-state index contributed by atoms with van der Waals surface area (Å²) in [6.07, 6.45) is -2.04. The predicted molar refractivity (Wildman–Crippen MR) is 70.8 cm³/mol. The van der Waals surface area contributed by atoms with Crippen LogP contribution >= 0.6 is 0 Å². The second kappa shape index (κ2) is 6.65. The van der Waals surface area contributed by atoms with Gasteiger partial charge in [-0.2, -0.15) is 0 Å². The lowest BCUT2D eigenvalue weighted by molar-refractivity contribution is -0.138. The molecule has 1 unspecified atom stereocenters. The summed E-state index contributed by atoms with van der Waals surface area (Å²) in [6.45, 7) is -0.0434. The number of nitrogens with zero attached hydrogens (tertiary/aromatic N) is 1. The molecule has 20 heavy (non-hydrogen) atoms. The Bertz CT molecular complexity index is 468. The van der Waals surface area contributed by atoms with Crippen molar-refractivity contribution < 1.29 is 18.3 Å². The number of fused-ring (bicyclic) bond motifs is 1. The van der Waals surface area contributed by atoms with E-state index in [2.05, 4.69) is 0 Å². The Kier molecular flexibility index (Phi) is 4.89. The van der Waals surface area contributed by atoms with Crippen LogP contribution in [0.1, 0.15) is 5.56 Å². The van der Waals surface area contributed by atoms with E-state index < -0.39 is 18.9 Å². The van der Waals surface area contributed by atoms with Crippen molar-refractivity contribution in [3.05, 3.63) is 29.8 Å². The first-order chi connectivity index (χ1) is 9.61. The topological polar surface area (TPSA) is 55.6 Å². The molecule has 110 valence electrons. The van der Waals surface area contributed by atoms with Crippen molar-refractivity contribution in [3.63, 3.8) is 0 Å². The van der Waals surface area contributed by atoms with Gasteiger partial charge in [-0.1, -0.05) is 18.2 Å². The molecule has 6 heteroatoms. The molecule has 0 radical (unpaired) electrons. The highest BCUT2D eigenvalue weighted by molar-refractivity contribution is 5.79. The second-order valence-electron chi connectivity index (χ2n) is 4.78. The first kappa shape index (κ1) is 14.7. The lowest BCUT2D eigenvalue weighted by atomic mass is 9.95. The lowest BCUT2D eigenvalue weighted by Gasteiger charge is -2.30. The van der Waals surface area contributed by atoms with Crippen LogP contribution in [0.5, 0.6) is 5.75 Å². The summed E-state index contributed by atoms with van der Waals surface area (Å²) < 4.78 is 30.5. The van der Waals surface area contributed by atoms with Gasteiger partial charge in [-0.05, 0) is 18.1 Å². The summed E-state index contributed by atoms with van der Waals surface area (Å²) in [5.74, 6) is 0.0243. The van der Waals surface area contributed by atoms with Gasteiger partial charge in [0.1, 0.15) is 12.4 Å². The zero-order valence-corrected chi connectivity index (χ0v) is 11.1. The molecule has 1 aliphatic rings. The third-order valence-corrected chi connectivity index (χ3v) is 3.30. The maximum Gasteiger partial charge on any atom is 0.255 e. The minimum absolute atomic E-state index is 0.140. The summed E-state index contributed by atoms with van der Waals surface area (Å²) in [6, 6.07) is 7.45. The number of nitrogens with two attached hydrogens (primary N) is 1. The Hall–Kier alpha value is -1.69. The number of benzene rings is 1. The van der Waals surface area contributed by atoms with Gasteiger partial charge >= 0.3 is 0 Å². The molecule has 1 amide bonds. The predicted octanol–water partition coefficient (Wildman–Crippen LogP) is 1.29. The number of alkyl halides is 2. The number of carbonyl (C=O) groups is 1. The molecule has 2 N–H and O–H groups in total. The van der Waals surface area contributed by atoms with Gasteiger partial charge < -0.3 is 15.4 Å². The monoisotopic (exact) mass is 284 g/mol. The molecule has 2 rings (SSSR count). The van der Waals surface area contributed by atoms with E-state index in [-0.39, 0.29) is 25.6 Å². The van der Waals surface area contributed by atoms with E-state index in [0.717, 1.165) is 16.2 Å². The van der Waals surface area contributed by atoms with Crippen LogP contribution in [0.3, 0.4) is 0 Å². The van der Waals surface area contributed by atoms with Crippen LogP contribution in [0.4, 0.5) is 8.78 Å². The number of carbonyl (C=O) groups excluding carboxylic acids is 1. The molecule has 1 aliphatic heterocycles. The zero-order chi connectivity index (χ0) is 14.5. The van der Waals surface area contributed by atoms with Crippen molar-refractivity contribution in [2.75, 3.05) is 26.2 Å². The Morgan fingerprint density at radius 3 is 2.90 bits per heavy atom. The quantitative estimate of drug-likeness (QED) is 0.886. The van der Waals surface area contributed by atoms with Gasteiger partial charge in [-0.15, -0.1) is 0 Å². The van der Waals surface area contributed by atoms with Gasteiger partial charge in [0.05, 0.1) is 12.5 Å². The van der Waals surface area contributed by atoms with E-state index >= 15 is 0 Å². The number of hydrogen-bond acceptors (Lipinski definition) is 3. The number of hydrogen-bond donors (Lipinski definition) is 1. The number of halogens is 2. The van der Waals surface area contributed by atoms with Crippen LogP contribution in [0, 0.1) is 5.92 Å². The van der Waals surface area contributed by atoms with Gasteiger partial charge in [0.2, 0.25) is 5.91 Å². The van der Waals surface area contributed by atoms with Crippen LogP contribution in [0.15, 0.2) is 24.3 Å². The summed E-state index contributed by atoms with van der Waals surface area (Å²) in [7, 11) is 0. The van der Waals surface area contributed by atoms with E-state index in [1.54, 1.807) is 0 Å². The maximum atomic E-state index is 12.5. The molecular formula is C14H18F2N2O2. The highest BCUT2D eigenvalue weighted by Crippen LogP contribution is 2.27. The summed E-state index contributed by atoms with van der Waals surface area (Å²) in [4.78, 5) is 13.4. The average molecular weight is 284 g/mol. The van der Waals surface area contributed by atoms with Crippen LogP contribution < -0.4 is 10.5 Å². The van der Waals surface area contributed by atoms with Crippen molar-refractivity contribution in [1.29, 1.82) is 0 Å². The van der Waals surface area contributed by atoms with E-state index in [1.807, 2.05) is 24.3 Å². The van der Waals surface area contributed by atoms with Crippen LogP contribution in [-0.4, -0.2) is 43.5 Å². The average Bonchev–Trinajstić information content (AvgIpc) is 2.45. The molecule has 1 heterocycles. The lowest BCUT2D eigenvalue weighted by Crippen LogP contribution is -2.45. The third kappa shape index (κ3) is 3.45. The molecule has 0 fully saturated rings. The van der Waals surface area contributed by atoms with E-state index in [4.69, 9.17) is 10.5 Å². The van der Waals surface area contributed by atoms with E-state index in [1.165, 1.54) is 0 Å². The molecule has 0 spiro atoms. The van der Waals surface area contributed by atoms with Crippen molar-refractivity contribution >= 4 is 5.91 Å². The number of amides is 1. The molecule has 0 saturated heterocycles. The molecule has 0 aliphatic carbocycles. The number of rotatable bonds is 5. The largest absolute Gasteiger partial charge is 0.492 e. The van der Waals surface area contributed by atoms with Gasteiger partial charge in [-0.25, -0.2) is 8.78 Å². The Balaban J connectivity index is 2.05. The van der Waals surface area contributed by atoms with Gasteiger partial charge in [0, 0.05) is 13.1 Å². The molecule has 4 nitrogen and oxygen atoms in total. The Morgan fingerprint density at radius 2 is 2.20 bits per heavy atom. The van der Waals surface area contributed by atoms with Crippen molar-refractivity contribution in [2.24, 2.45) is 11.7 Å². The zero-order valence-electron chi connectivity index (χ0n) is 11.1.